The third kappa shape index (κ3) is 4.00. The van der Waals surface area contributed by atoms with Gasteiger partial charge in [0.2, 0.25) is 5.91 Å². The van der Waals surface area contributed by atoms with E-state index in [2.05, 4.69) is 4.98 Å². The highest BCUT2D eigenvalue weighted by atomic mass is 32.2. The van der Waals surface area contributed by atoms with Crippen LogP contribution in [0.1, 0.15) is 23.2 Å². The van der Waals surface area contributed by atoms with E-state index in [4.69, 9.17) is 0 Å². The Hall–Kier alpha value is -1.77. The fourth-order valence-corrected chi connectivity index (χ4v) is 3.23. The van der Waals surface area contributed by atoms with Crippen molar-refractivity contribution < 1.29 is 22.8 Å². The van der Waals surface area contributed by atoms with Gasteiger partial charge in [0.1, 0.15) is 5.03 Å². The molecule has 1 aromatic rings. The topological polar surface area (TPSA) is 53.5 Å². The number of halogens is 3. The van der Waals surface area contributed by atoms with Crippen LogP contribution in [-0.4, -0.2) is 58.3 Å². The first kappa shape index (κ1) is 17.1. The highest BCUT2D eigenvalue weighted by molar-refractivity contribution is 8.00. The standard InChI is InChI=1S/C15H16F3N3O2S/c16-15(17,18)24-12-11(2-1-5-19-12)14(23)21-8-6-20(7-9-21)13(22)10-3-4-10/h1-2,5,10H,3-4,6-9H2. The number of hydrogen-bond acceptors (Lipinski definition) is 4. The summed E-state index contributed by atoms with van der Waals surface area (Å²) in [5.41, 5.74) is -4.56. The van der Waals surface area contributed by atoms with Crippen LogP contribution in [0.25, 0.3) is 0 Å². The van der Waals surface area contributed by atoms with Gasteiger partial charge in [0.15, 0.2) is 0 Å². The number of nitrogens with zero attached hydrogens (tertiary/aromatic N) is 3. The minimum Gasteiger partial charge on any atom is -0.339 e. The predicted octanol–water partition coefficient (Wildman–Crippen LogP) is 2.39. The van der Waals surface area contributed by atoms with Crippen LogP contribution in [0.5, 0.6) is 0 Å². The molecular formula is C15H16F3N3O2S. The van der Waals surface area contributed by atoms with Crippen molar-refractivity contribution in [2.45, 2.75) is 23.4 Å². The van der Waals surface area contributed by atoms with Gasteiger partial charge in [-0.05, 0) is 25.0 Å². The fraction of sp³-hybridized carbons (Fsp3) is 0.533. The van der Waals surface area contributed by atoms with E-state index in [9.17, 15) is 22.8 Å². The van der Waals surface area contributed by atoms with Gasteiger partial charge in [0.05, 0.1) is 5.56 Å². The first-order valence-electron chi connectivity index (χ1n) is 7.64. The zero-order valence-corrected chi connectivity index (χ0v) is 13.6. The molecule has 2 fully saturated rings. The lowest BCUT2D eigenvalue weighted by atomic mass is 10.2. The van der Waals surface area contributed by atoms with Crippen molar-refractivity contribution in [3.63, 3.8) is 0 Å². The Bertz CT molecular complexity index is 641. The molecule has 130 valence electrons. The first-order chi connectivity index (χ1) is 11.3. The number of hydrogen-bond donors (Lipinski definition) is 0. The van der Waals surface area contributed by atoms with Crippen LogP contribution in [0.15, 0.2) is 23.4 Å². The summed E-state index contributed by atoms with van der Waals surface area (Å²) in [5, 5.41) is -0.341. The van der Waals surface area contributed by atoms with Crippen LogP contribution in [0.4, 0.5) is 13.2 Å². The molecule has 0 unspecified atom stereocenters. The molecule has 5 nitrogen and oxygen atoms in total. The fourth-order valence-electron chi connectivity index (χ4n) is 2.63. The Balaban J connectivity index is 1.66. The molecule has 2 heterocycles. The largest absolute Gasteiger partial charge is 0.447 e. The number of alkyl halides is 3. The number of amides is 2. The number of aromatic nitrogens is 1. The molecule has 3 rings (SSSR count). The maximum absolute atomic E-state index is 12.6. The lowest BCUT2D eigenvalue weighted by Gasteiger charge is -2.35. The summed E-state index contributed by atoms with van der Waals surface area (Å²) in [4.78, 5) is 31.4. The molecule has 1 aliphatic heterocycles. The number of rotatable bonds is 3. The molecule has 2 aliphatic rings. The van der Waals surface area contributed by atoms with Crippen LogP contribution >= 0.6 is 11.8 Å². The molecule has 1 saturated heterocycles. The molecule has 0 bridgehead atoms. The summed E-state index contributed by atoms with van der Waals surface area (Å²) < 4.78 is 37.8. The molecule has 0 N–H and O–H groups in total. The Labute approximate surface area is 141 Å². The van der Waals surface area contributed by atoms with E-state index in [0.717, 1.165) is 12.8 Å². The second kappa shape index (κ2) is 6.62. The summed E-state index contributed by atoms with van der Waals surface area (Å²) in [6, 6.07) is 2.80. The molecule has 1 aromatic heterocycles. The summed E-state index contributed by atoms with van der Waals surface area (Å²) in [6.45, 7) is 1.48. The molecule has 9 heteroatoms. The Morgan fingerprint density at radius 2 is 1.75 bits per heavy atom. The maximum atomic E-state index is 12.6. The van der Waals surface area contributed by atoms with Crippen LogP contribution in [0.3, 0.4) is 0 Å². The Morgan fingerprint density at radius 3 is 2.33 bits per heavy atom. The lowest BCUT2D eigenvalue weighted by molar-refractivity contribution is -0.134. The molecule has 0 spiro atoms. The van der Waals surface area contributed by atoms with Crippen LogP contribution in [0, 0.1) is 5.92 Å². The van der Waals surface area contributed by atoms with Gasteiger partial charge in [0.25, 0.3) is 5.91 Å². The van der Waals surface area contributed by atoms with Gasteiger partial charge in [0, 0.05) is 50.1 Å². The zero-order chi connectivity index (χ0) is 17.3. The van der Waals surface area contributed by atoms with Crippen LogP contribution in [-0.2, 0) is 4.79 Å². The van der Waals surface area contributed by atoms with Crippen molar-refractivity contribution in [3.8, 4) is 0 Å². The molecule has 0 radical (unpaired) electrons. The number of thioether (sulfide) groups is 1. The van der Waals surface area contributed by atoms with E-state index in [1.165, 1.54) is 23.2 Å². The van der Waals surface area contributed by atoms with Crippen LogP contribution < -0.4 is 0 Å². The second-order valence-corrected chi connectivity index (χ2v) is 6.85. The van der Waals surface area contributed by atoms with Gasteiger partial charge in [-0.3, -0.25) is 9.59 Å². The molecule has 1 saturated carbocycles. The number of carbonyl (C=O) groups is 2. The van der Waals surface area contributed by atoms with E-state index in [1.807, 2.05) is 0 Å². The van der Waals surface area contributed by atoms with Gasteiger partial charge in [-0.15, -0.1) is 0 Å². The summed E-state index contributed by atoms with van der Waals surface area (Å²) in [5.74, 6) is -0.231. The predicted molar refractivity (Wildman–Crippen MR) is 81.4 cm³/mol. The van der Waals surface area contributed by atoms with Crippen molar-refractivity contribution in [1.82, 2.24) is 14.8 Å². The SMILES string of the molecule is O=C(c1cccnc1SC(F)(F)F)N1CCN(C(=O)C2CC2)CC1. The van der Waals surface area contributed by atoms with Gasteiger partial charge in [-0.2, -0.15) is 13.2 Å². The molecule has 2 amide bonds. The maximum Gasteiger partial charge on any atom is 0.447 e. The second-order valence-electron chi connectivity index (χ2n) is 5.80. The minimum absolute atomic E-state index is 0.0539. The molecule has 1 aliphatic carbocycles. The van der Waals surface area contributed by atoms with E-state index in [-0.39, 0.29) is 34.2 Å². The van der Waals surface area contributed by atoms with Gasteiger partial charge in [-0.25, -0.2) is 4.98 Å². The molecule has 0 atom stereocenters. The van der Waals surface area contributed by atoms with Gasteiger partial charge in [-0.1, -0.05) is 0 Å². The van der Waals surface area contributed by atoms with E-state index < -0.39 is 11.4 Å². The number of pyridine rings is 1. The van der Waals surface area contributed by atoms with Crippen molar-refractivity contribution in [3.05, 3.63) is 23.9 Å². The van der Waals surface area contributed by atoms with E-state index >= 15 is 0 Å². The Kier molecular flexibility index (Phi) is 4.71. The Morgan fingerprint density at radius 1 is 1.12 bits per heavy atom. The van der Waals surface area contributed by atoms with Crippen molar-refractivity contribution in [1.29, 1.82) is 0 Å². The molecular weight excluding hydrogens is 343 g/mol. The highest BCUT2D eigenvalue weighted by Crippen LogP contribution is 2.37. The summed E-state index contributed by atoms with van der Waals surface area (Å²) in [7, 11) is 0. The monoisotopic (exact) mass is 359 g/mol. The van der Waals surface area contributed by atoms with Crippen molar-refractivity contribution in [2.24, 2.45) is 5.92 Å². The third-order valence-electron chi connectivity index (χ3n) is 4.02. The first-order valence-corrected chi connectivity index (χ1v) is 8.45. The number of piperazine rings is 1. The quantitative estimate of drug-likeness (QED) is 0.778. The summed E-state index contributed by atoms with van der Waals surface area (Å²) in [6.07, 6.45) is 3.08. The lowest BCUT2D eigenvalue weighted by Crippen LogP contribution is -2.51. The minimum atomic E-state index is -4.50. The average molecular weight is 359 g/mol. The average Bonchev–Trinajstić information content (AvgIpc) is 3.38. The normalized spacial score (nSPS) is 18.6. The summed E-state index contributed by atoms with van der Waals surface area (Å²) >= 11 is -0.386. The van der Waals surface area contributed by atoms with Gasteiger partial charge >= 0.3 is 5.51 Å². The van der Waals surface area contributed by atoms with Crippen LogP contribution in [0.2, 0.25) is 0 Å². The molecule has 24 heavy (non-hydrogen) atoms. The van der Waals surface area contributed by atoms with E-state index in [1.54, 1.807) is 4.90 Å². The zero-order valence-electron chi connectivity index (χ0n) is 12.8. The van der Waals surface area contributed by atoms with Crippen molar-refractivity contribution in [2.75, 3.05) is 26.2 Å². The molecule has 0 aromatic carbocycles. The third-order valence-corrected chi connectivity index (χ3v) is 4.77. The van der Waals surface area contributed by atoms with Crippen molar-refractivity contribution >= 4 is 23.6 Å². The van der Waals surface area contributed by atoms with Gasteiger partial charge < -0.3 is 9.80 Å². The number of carbonyl (C=O) groups excluding carboxylic acids is 2. The highest BCUT2D eigenvalue weighted by Gasteiger charge is 2.36. The van der Waals surface area contributed by atoms with E-state index in [0.29, 0.717) is 26.2 Å². The smallest absolute Gasteiger partial charge is 0.339 e.